The van der Waals surface area contributed by atoms with E-state index < -0.39 is 32.5 Å². The van der Waals surface area contributed by atoms with Gasteiger partial charge in [-0.2, -0.15) is 0 Å². The number of unbranched alkanes of at least 4 members (excludes halogenated alkanes) is 24. The maximum atomic E-state index is 13.2. The number of nitrogens with zero attached hydrogens (tertiary/aromatic N) is 3. The van der Waals surface area contributed by atoms with Gasteiger partial charge in [0.2, 0.25) is 0 Å². The van der Waals surface area contributed by atoms with Crippen LogP contribution in [-0.4, -0.2) is 63.9 Å². The number of imidazole rings is 1. The molecular weight excluding hydrogens is 832 g/mol. The third-order valence-corrected chi connectivity index (χ3v) is 12.8. The Labute approximate surface area is 385 Å². The van der Waals surface area contributed by atoms with Gasteiger partial charge in [0.15, 0.2) is 11.9 Å². The molecule has 13 nitrogen and oxygen atoms in total. The highest BCUT2D eigenvalue weighted by atomic mass is 31.2. The van der Waals surface area contributed by atoms with E-state index in [2.05, 4.69) is 18.8 Å². The summed E-state index contributed by atoms with van der Waals surface area (Å²) < 4.78 is 42.7. The first-order valence-corrected chi connectivity index (χ1v) is 26.8. The van der Waals surface area contributed by atoms with Crippen molar-refractivity contribution in [2.45, 2.75) is 220 Å². The number of nitrogen functional groups attached to an aromatic ring is 1. The fraction of sp³-hybridized carbons (Fsp3) is 0.760. The molecule has 0 saturated carbocycles. The van der Waals surface area contributed by atoms with E-state index in [9.17, 15) is 19.0 Å². The molecule has 3 rings (SSSR count). The molecule has 0 radical (unpaired) electrons. The number of carbonyl (C=O) groups is 2. The van der Waals surface area contributed by atoms with Crippen molar-refractivity contribution in [3.63, 3.8) is 0 Å². The normalized spacial score (nSPS) is 13.1. The Morgan fingerprint density at radius 2 is 1.17 bits per heavy atom. The molecular formula is C50H85N4O9P. The van der Waals surface area contributed by atoms with Crippen molar-refractivity contribution in [2.75, 3.05) is 32.2 Å². The molecule has 3 N–H and O–H groups in total. The lowest BCUT2D eigenvalue weighted by atomic mass is 10.0. The van der Waals surface area contributed by atoms with E-state index in [1.165, 1.54) is 122 Å². The Balaban J connectivity index is 1.46. The van der Waals surface area contributed by atoms with Gasteiger partial charge >= 0.3 is 19.8 Å². The summed E-state index contributed by atoms with van der Waals surface area (Å²) in [6.45, 7) is 6.18. The van der Waals surface area contributed by atoms with Gasteiger partial charge in [-0.15, -0.1) is 0 Å². The van der Waals surface area contributed by atoms with Crippen LogP contribution < -0.4 is 5.73 Å². The van der Waals surface area contributed by atoms with E-state index >= 15 is 0 Å². The van der Waals surface area contributed by atoms with Crippen LogP contribution in [0.1, 0.15) is 206 Å². The number of ether oxygens (including phenoxy) is 3. The van der Waals surface area contributed by atoms with Crippen LogP contribution >= 0.6 is 7.82 Å². The summed E-state index contributed by atoms with van der Waals surface area (Å²) in [5.74, 6) is -0.0346. The first kappa shape index (κ1) is 55.2. The molecule has 0 aliphatic rings. The largest absolute Gasteiger partial charge is 0.472 e. The number of hydrogen-bond donors (Lipinski definition) is 2. The summed E-state index contributed by atoms with van der Waals surface area (Å²) in [6, 6.07) is 7.54. The Kier molecular flexibility index (Phi) is 29.6. The minimum atomic E-state index is -4.64. The molecule has 2 heterocycles. The Bertz CT molecular complexity index is 1750. The Morgan fingerprint density at radius 1 is 0.672 bits per heavy atom. The number of phosphoric acid groups is 1. The third-order valence-electron chi connectivity index (χ3n) is 11.8. The van der Waals surface area contributed by atoms with Gasteiger partial charge in [-0.3, -0.25) is 18.6 Å². The van der Waals surface area contributed by atoms with Crippen LogP contribution in [0.4, 0.5) is 5.82 Å². The average molecular weight is 917 g/mol. The van der Waals surface area contributed by atoms with E-state index in [-0.39, 0.29) is 45.0 Å². The highest BCUT2D eigenvalue weighted by molar-refractivity contribution is 7.47. The van der Waals surface area contributed by atoms with Crippen molar-refractivity contribution in [3.05, 3.63) is 30.1 Å². The van der Waals surface area contributed by atoms with E-state index in [1.54, 1.807) is 0 Å². The molecule has 1 unspecified atom stereocenters. The zero-order chi connectivity index (χ0) is 46.1. The molecule has 0 aliphatic carbocycles. The Hall–Kier alpha value is -3.09. The molecule has 0 amide bonds. The quantitative estimate of drug-likeness (QED) is 0.0314. The summed E-state index contributed by atoms with van der Waals surface area (Å²) >= 11 is 0. The molecule has 364 valence electrons. The van der Waals surface area contributed by atoms with Crippen LogP contribution in [0.5, 0.6) is 0 Å². The minimum Gasteiger partial charge on any atom is -0.462 e. The van der Waals surface area contributed by atoms with Crippen molar-refractivity contribution < 1.29 is 42.3 Å². The van der Waals surface area contributed by atoms with E-state index in [0.29, 0.717) is 41.8 Å². The Morgan fingerprint density at radius 3 is 1.70 bits per heavy atom. The maximum absolute atomic E-state index is 13.2. The first-order valence-electron chi connectivity index (χ1n) is 25.3. The fourth-order valence-corrected chi connectivity index (χ4v) is 8.85. The highest BCUT2D eigenvalue weighted by Gasteiger charge is 2.27. The van der Waals surface area contributed by atoms with Crippen LogP contribution in [0.15, 0.2) is 24.3 Å². The minimum absolute atomic E-state index is 0.134. The van der Waals surface area contributed by atoms with E-state index in [4.69, 9.17) is 34.0 Å². The SMILES string of the molecule is CCCCCCCCCCCCCCCC(=O)OC[C@H](COP(=O)(O)OCCn1c(COCC)nc2c(N)nc3ccccc3c21)OC(=O)CCCCCCCCCCCCCCC. The summed E-state index contributed by atoms with van der Waals surface area (Å²) in [4.78, 5) is 45.6. The standard InChI is InChI=1S/C50H85N4O9P/c1-4-7-9-11-13-15-17-19-21-23-25-27-29-35-46(55)60-39-42(63-47(56)36-30-28-26-24-22-20-18-16-14-12-10-8-5-2)40-62-64(57,58)61-38-37-54-45(41-59-6-3)53-48-49(54)43-33-31-32-34-44(43)52-50(48)51/h31-34,42H,4-30,35-41H2,1-3H3,(H2,51,52)(H,57,58)/t42-/m1/s1. The lowest BCUT2D eigenvalue weighted by molar-refractivity contribution is -0.161. The number of phosphoric ester groups is 1. The molecule has 0 bridgehead atoms. The number of anilines is 1. The molecule has 2 aromatic heterocycles. The molecule has 3 aromatic rings. The van der Waals surface area contributed by atoms with Gasteiger partial charge in [0, 0.05) is 31.4 Å². The van der Waals surface area contributed by atoms with Crippen LogP contribution in [0, 0.1) is 0 Å². The molecule has 0 saturated heterocycles. The van der Waals surface area contributed by atoms with Crippen molar-refractivity contribution in [3.8, 4) is 0 Å². The second kappa shape index (κ2) is 34.3. The second-order valence-corrected chi connectivity index (χ2v) is 18.9. The van der Waals surface area contributed by atoms with Gasteiger partial charge in [0.1, 0.15) is 24.6 Å². The highest BCUT2D eigenvalue weighted by Crippen LogP contribution is 2.43. The van der Waals surface area contributed by atoms with Gasteiger partial charge in [-0.25, -0.2) is 14.5 Å². The van der Waals surface area contributed by atoms with Crippen molar-refractivity contribution in [1.82, 2.24) is 14.5 Å². The van der Waals surface area contributed by atoms with E-state index in [0.717, 1.165) is 37.5 Å². The monoisotopic (exact) mass is 917 g/mol. The zero-order valence-electron chi connectivity index (χ0n) is 40.0. The molecule has 1 aromatic carbocycles. The van der Waals surface area contributed by atoms with Gasteiger partial charge in [0.25, 0.3) is 0 Å². The van der Waals surface area contributed by atoms with Gasteiger partial charge in [-0.1, -0.05) is 186 Å². The molecule has 0 spiro atoms. The molecule has 2 atom stereocenters. The predicted molar refractivity (Wildman–Crippen MR) is 258 cm³/mol. The summed E-state index contributed by atoms with van der Waals surface area (Å²) in [5, 5.41) is 0.817. The zero-order valence-corrected chi connectivity index (χ0v) is 40.9. The maximum Gasteiger partial charge on any atom is 0.472 e. The van der Waals surface area contributed by atoms with Gasteiger partial charge < -0.3 is 29.4 Å². The third kappa shape index (κ3) is 23.4. The number of pyridine rings is 1. The predicted octanol–water partition coefficient (Wildman–Crippen LogP) is 13.3. The molecule has 64 heavy (non-hydrogen) atoms. The summed E-state index contributed by atoms with van der Waals surface area (Å²) in [6.07, 6.45) is 30.6. The number of fused-ring (bicyclic) bond motifs is 3. The van der Waals surface area contributed by atoms with Crippen LogP contribution in [0.25, 0.3) is 21.9 Å². The first-order chi connectivity index (χ1) is 31.2. The summed E-state index contributed by atoms with van der Waals surface area (Å²) in [7, 11) is -4.64. The van der Waals surface area contributed by atoms with E-state index in [1.807, 2.05) is 35.8 Å². The molecule has 0 fully saturated rings. The van der Waals surface area contributed by atoms with Crippen molar-refractivity contribution in [2.24, 2.45) is 0 Å². The number of para-hydroxylation sites is 1. The second-order valence-electron chi connectivity index (χ2n) is 17.4. The number of nitrogens with two attached hydrogens (primary N) is 1. The number of esters is 2. The number of hydrogen-bond acceptors (Lipinski definition) is 11. The number of rotatable bonds is 41. The molecule has 0 aliphatic heterocycles. The summed E-state index contributed by atoms with van der Waals surface area (Å²) in [5.41, 5.74) is 8.20. The number of aromatic nitrogens is 3. The average Bonchev–Trinajstić information content (AvgIpc) is 3.65. The van der Waals surface area contributed by atoms with Crippen LogP contribution in [0.3, 0.4) is 0 Å². The topological polar surface area (TPSA) is 174 Å². The lowest BCUT2D eigenvalue weighted by Gasteiger charge is -2.20. The number of carbonyl (C=O) groups excluding carboxylic acids is 2. The number of benzene rings is 1. The van der Waals surface area contributed by atoms with Crippen molar-refractivity contribution >= 4 is 47.5 Å². The fourth-order valence-electron chi connectivity index (χ4n) is 8.10. The lowest BCUT2D eigenvalue weighted by Crippen LogP contribution is -2.29. The smallest absolute Gasteiger partial charge is 0.462 e. The molecule has 14 heteroatoms. The van der Waals surface area contributed by atoms with Crippen LogP contribution in [-0.2, 0) is 50.6 Å². The van der Waals surface area contributed by atoms with Crippen molar-refractivity contribution in [1.29, 1.82) is 0 Å². The van der Waals surface area contributed by atoms with Gasteiger partial charge in [-0.05, 0) is 25.8 Å². The van der Waals surface area contributed by atoms with Gasteiger partial charge in [0.05, 0.1) is 24.2 Å². The van der Waals surface area contributed by atoms with Crippen LogP contribution in [0.2, 0.25) is 0 Å².